The van der Waals surface area contributed by atoms with Gasteiger partial charge in [-0.3, -0.25) is 9.59 Å². The Bertz CT molecular complexity index is 606. The van der Waals surface area contributed by atoms with Crippen molar-refractivity contribution in [3.05, 3.63) is 29.8 Å². The molecule has 1 aromatic rings. The molecular weight excluding hydrogens is 330 g/mol. The number of hydrogen-bond acceptors (Lipinski definition) is 4. The zero-order valence-electron chi connectivity index (χ0n) is 15.9. The van der Waals surface area contributed by atoms with Gasteiger partial charge in [-0.1, -0.05) is 32.0 Å². The van der Waals surface area contributed by atoms with Gasteiger partial charge in [0.25, 0.3) is 5.91 Å². The monoisotopic (exact) mass is 361 g/mol. The Balaban J connectivity index is 1.91. The van der Waals surface area contributed by atoms with Gasteiger partial charge in [-0.2, -0.15) is 0 Å². The molecule has 2 rings (SSSR count). The average Bonchev–Trinajstić information content (AvgIpc) is 2.69. The number of para-hydroxylation sites is 1. The van der Waals surface area contributed by atoms with Crippen LogP contribution in [0.1, 0.15) is 44.6 Å². The van der Waals surface area contributed by atoms with Crippen LogP contribution in [0.5, 0.6) is 5.75 Å². The number of nitrogens with one attached hydrogen (secondary N) is 1. The van der Waals surface area contributed by atoms with Crippen LogP contribution >= 0.6 is 0 Å². The molecular formula is C20H31N3O3. The van der Waals surface area contributed by atoms with Crippen molar-refractivity contribution >= 4 is 11.8 Å². The van der Waals surface area contributed by atoms with Crippen LogP contribution in [-0.2, 0) is 9.59 Å². The summed E-state index contributed by atoms with van der Waals surface area (Å²) in [6.07, 6.45) is 2.65. The van der Waals surface area contributed by atoms with Crippen molar-refractivity contribution in [2.45, 2.75) is 39.0 Å². The lowest BCUT2D eigenvalue weighted by molar-refractivity contribution is -0.137. The van der Waals surface area contributed by atoms with Crippen molar-refractivity contribution < 1.29 is 14.3 Å². The summed E-state index contributed by atoms with van der Waals surface area (Å²) in [7, 11) is 0. The molecule has 0 aliphatic carbocycles. The van der Waals surface area contributed by atoms with Gasteiger partial charge in [0.1, 0.15) is 5.75 Å². The van der Waals surface area contributed by atoms with Crippen molar-refractivity contribution in [3.8, 4) is 5.75 Å². The summed E-state index contributed by atoms with van der Waals surface area (Å²) >= 11 is 0. The lowest BCUT2D eigenvalue weighted by Crippen LogP contribution is -2.47. The minimum Gasteiger partial charge on any atom is -0.483 e. The number of carbonyl (C=O) groups excluding carboxylic acids is 2. The van der Waals surface area contributed by atoms with Crippen LogP contribution in [0.2, 0.25) is 0 Å². The van der Waals surface area contributed by atoms with Crippen molar-refractivity contribution in [1.82, 2.24) is 10.2 Å². The Morgan fingerprint density at radius 3 is 2.88 bits per heavy atom. The SMILES string of the molecule is CCC(C)c1ccccc1OCC(=O)N1CCCC(C(=O)NCCN)C1. The van der Waals surface area contributed by atoms with Gasteiger partial charge in [-0.25, -0.2) is 0 Å². The van der Waals surface area contributed by atoms with Gasteiger partial charge in [-0.15, -0.1) is 0 Å². The third-order valence-corrected chi connectivity index (χ3v) is 5.00. The molecule has 26 heavy (non-hydrogen) atoms. The molecule has 3 N–H and O–H groups in total. The quantitative estimate of drug-likeness (QED) is 0.740. The number of piperidine rings is 1. The topological polar surface area (TPSA) is 84.7 Å². The summed E-state index contributed by atoms with van der Waals surface area (Å²) < 4.78 is 5.83. The highest BCUT2D eigenvalue weighted by atomic mass is 16.5. The molecule has 1 aliphatic heterocycles. The Kier molecular flexibility index (Phi) is 7.91. The van der Waals surface area contributed by atoms with Crippen LogP contribution in [0.15, 0.2) is 24.3 Å². The summed E-state index contributed by atoms with van der Waals surface area (Å²) in [6, 6.07) is 7.87. The highest BCUT2D eigenvalue weighted by Gasteiger charge is 2.28. The largest absolute Gasteiger partial charge is 0.483 e. The van der Waals surface area contributed by atoms with Gasteiger partial charge < -0.3 is 20.7 Å². The van der Waals surface area contributed by atoms with Crippen LogP contribution in [0.4, 0.5) is 0 Å². The number of benzene rings is 1. The van der Waals surface area contributed by atoms with E-state index in [1.807, 2.05) is 24.3 Å². The zero-order valence-corrected chi connectivity index (χ0v) is 15.9. The number of rotatable bonds is 8. The molecule has 0 aromatic heterocycles. The molecule has 1 saturated heterocycles. The summed E-state index contributed by atoms with van der Waals surface area (Å²) in [5.74, 6) is 0.902. The fourth-order valence-corrected chi connectivity index (χ4v) is 3.23. The minimum atomic E-state index is -0.161. The molecule has 2 unspecified atom stereocenters. The van der Waals surface area contributed by atoms with E-state index in [0.29, 0.717) is 32.1 Å². The minimum absolute atomic E-state index is 0.00455. The van der Waals surface area contributed by atoms with Crippen LogP contribution in [0.25, 0.3) is 0 Å². The molecule has 2 atom stereocenters. The van der Waals surface area contributed by atoms with E-state index in [-0.39, 0.29) is 24.3 Å². The molecule has 0 radical (unpaired) electrons. The lowest BCUT2D eigenvalue weighted by Gasteiger charge is -2.32. The highest BCUT2D eigenvalue weighted by Crippen LogP contribution is 2.28. The van der Waals surface area contributed by atoms with Gasteiger partial charge in [0.2, 0.25) is 5.91 Å². The van der Waals surface area contributed by atoms with E-state index in [1.165, 1.54) is 0 Å². The van der Waals surface area contributed by atoms with Crippen LogP contribution < -0.4 is 15.8 Å². The Morgan fingerprint density at radius 2 is 2.15 bits per heavy atom. The fourth-order valence-electron chi connectivity index (χ4n) is 3.23. The fraction of sp³-hybridized carbons (Fsp3) is 0.600. The maximum Gasteiger partial charge on any atom is 0.260 e. The normalized spacial score (nSPS) is 18.3. The van der Waals surface area contributed by atoms with E-state index in [9.17, 15) is 9.59 Å². The number of nitrogens with zero attached hydrogens (tertiary/aromatic N) is 1. The third-order valence-electron chi connectivity index (χ3n) is 5.00. The van der Waals surface area contributed by atoms with E-state index < -0.39 is 0 Å². The van der Waals surface area contributed by atoms with E-state index in [1.54, 1.807) is 4.90 Å². The first-order valence-electron chi connectivity index (χ1n) is 9.54. The van der Waals surface area contributed by atoms with Crippen LogP contribution in [0, 0.1) is 5.92 Å². The molecule has 1 fully saturated rings. The predicted molar refractivity (Wildman–Crippen MR) is 102 cm³/mol. The van der Waals surface area contributed by atoms with Gasteiger partial charge >= 0.3 is 0 Å². The Labute approximate surface area is 156 Å². The number of amides is 2. The number of carbonyl (C=O) groups is 2. The predicted octanol–water partition coefficient (Wildman–Crippen LogP) is 1.89. The molecule has 2 amide bonds. The highest BCUT2D eigenvalue weighted by molar-refractivity contribution is 5.82. The van der Waals surface area contributed by atoms with E-state index in [0.717, 1.165) is 30.6 Å². The van der Waals surface area contributed by atoms with E-state index in [2.05, 4.69) is 19.2 Å². The maximum atomic E-state index is 12.6. The average molecular weight is 361 g/mol. The van der Waals surface area contributed by atoms with Gasteiger partial charge in [0, 0.05) is 26.2 Å². The Morgan fingerprint density at radius 1 is 1.38 bits per heavy atom. The second-order valence-corrected chi connectivity index (χ2v) is 6.89. The van der Waals surface area contributed by atoms with Crippen LogP contribution in [0.3, 0.4) is 0 Å². The second-order valence-electron chi connectivity index (χ2n) is 6.89. The van der Waals surface area contributed by atoms with Crippen LogP contribution in [-0.4, -0.2) is 49.5 Å². The van der Waals surface area contributed by atoms with Crippen molar-refractivity contribution in [2.24, 2.45) is 11.7 Å². The summed E-state index contributed by atoms with van der Waals surface area (Å²) in [4.78, 5) is 26.4. The molecule has 0 bridgehead atoms. The molecule has 144 valence electrons. The summed E-state index contributed by atoms with van der Waals surface area (Å²) in [5.41, 5.74) is 6.55. The molecule has 0 spiro atoms. The first-order valence-corrected chi connectivity index (χ1v) is 9.54. The molecule has 6 nitrogen and oxygen atoms in total. The summed E-state index contributed by atoms with van der Waals surface area (Å²) in [5, 5.41) is 2.81. The molecule has 1 aromatic carbocycles. The lowest BCUT2D eigenvalue weighted by atomic mass is 9.97. The van der Waals surface area contributed by atoms with Gasteiger partial charge in [0.15, 0.2) is 6.61 Å². The molecule has 0 saturated carbocycles. The Hall–Kier alpha value is -2.08. The van der Waals surface area contributed by atoms with Crippen molar-refractivity contribution in [2.75, 3.05) is 32.8 Å². The maximum absolute atomic E-state index is 12.6. The molecule has 1 heterocycles. The van der Waals surface area contributed by atoms with E-state index >= 15 is 0 Å². The number of ether oxygens (including phenoxy) is 1. The standard InChI is InChI=1S/C20H31N3O3/c1-3-15(2)17-8-4-5-9-18(17)26-14-19(24)23-12-6-7-16(13-23)20(25)22-11-10-21/h4-5,8-9,15-16H,3,6-7,10-14,21H2,1-2H3,(H,22,25). The van der Waals surface area contributed by atoms with Crippen molar-refractivity contribution in [1.29, 1.82) is 0 Å². The smallest absolute Gasteiger partial charge is 0.260 e. The number of nitrogens with two attached hydrogens (primary N) is 1. The summed E-state index contributed by atoms with van der Waals surface area (Å²) in [6.45, 7) is 6.31. The first kappa shape index (κ1) is 20.2. The third kappa shape index (κ3) is 5.46. The molecule has 1 aliphatic rings. The first-order chi connectivity index (χ1) is 12.6. The van der Waals surface area contributed by atoms with Gasteiger partial charge in [-0.05, 0) is 36.8 Å². The van der Waals surface area contributed by atoms with Crippen molar-refractivity contribution in [3.63, 3.8) is 0 Å². The molecule has 6 heteroatoms. The van der Waals surface area contributed by atoms with Gasteiger partial charge in [0.05, 0.1) is 5.92 Å². The zero-order chi connectivity index (χ0) is 18.9. The number of hydrogen-bond donors (Lipinski definition) is 2. The van der Waals surface area contributed by atoms with E-state index in [4.69, 9.17) is 10.5 Å². The number of likely N-dealkylation sites (tertiary alicyclic amines) is 1. The second kappa shape index (κ2) is 10.2.